The molecule has 0 radical (unpaired) electrons. The number of benzene rings is 2. The number of fused-ring (bicyclic) bond motifs is 1. The average Bonchev–Trinajstić information content (AvgIpc) is 2.93. The maximum atomic E-state index is 12.6. The minimum absolute atomic E-state index is 0.191. The number of amides is 1. The van der Waals surface area contributed by atoms with E-state index >= 15 is 0 Å². The number of halogens is 3. The first-order valence-electron chi connectivity index (χ1n) is 7.30. The van der Waals surface area contributed by atoms with E-state index in [0.717, 1.165) is 21.2 Å². The molecule has 0 N–H and O–H groups in total. The monoisotopic (exact) mass is 307 g/mol. The van der Waals surface area contributed by atoms with Crippen molar-refractivity contribution in [3.05, 3.63) is 48.0 Å². The van der Waals surface area contributed by atoms with Crippen molar-refractivity contribution in [2.75, 3.05) is 6.54 Å². The van der Waals surface area contributed by atoms with E-state index in [1.54, 1.807) is 0 Å². The van der Waals surface area contributed by atoms with Crippen molar-refractivity contribution in [2.45, 2.75) is 31.5 Å². The molecule has 1 saturated heterocycles. The van der Waals surface area contributed by atoms with Crippen molar-refractivity contribution in [2.24, 2.45) is 0 Å². The lowest BCUT2D eigenvalue weighted by atomic mass is 10.0. The Kier molecular flexibility index (Phi) is 3.81. The zero-order valence-electron chi connectivity index (χ0n) is 11.9. The van der Waals surface area contributed by atoms with Crippen LogP contribution < -0.4 is 0 Å². The van der Waals surface area contributed by atoms with Gasteiger partial charge in [0.25, 0.3) is 0 Å². The quantitative estimate of drug-likeness (QED) is 0.823. The molecule has 0 spiro atoms. The van der Waals surface area contributed by atoms with Gasteiger partial charge in [0.2, 0.25) is 0 Å². The number of hydrogen-bond acceptors (Lipinski definition) is 1. The number of alkyl halides is 3. The molecule has 1 atom stereocenters. The summed E-state index contributed by atoms with van der Waals surface area (Å²) in [5.41, 5.74) is 0.963. The standard InChI is InChI=1S/C17H16F3NO/c18-17(19,20)16(22)21-9-3-6-15(21)11-12-7-8-13-4-1-2-5-14(13)10-12/h1-2,4-5,7-8,10,15H,3,6,9,11H2/t15-/m0/s1. The van der Waals surface area contributed by atoms with Crippen LogP contribution in [-0.2, 0) is 11.2 Å². The summed E-state index contributed by atoms with van der Waals surface area (Å²) in [5, 5.41) is 2.16. The summed E-state index contributed by atoms with van der Waals surface area (Å²) >= 11 is 0. The predicted octanol–water partition coefficient (Wildman–Crippen LogP) is 3.94. The number of likely N-dealkylation sites (tertiary alicyclic amines) is 1. The summed E-state index contributed by atoms with van der Waals surface area (Å²) in [6, 6.07) is 13.4. The zero-order valence-corrected chi connectivity index (χ0v) is 11.9. The highest BCUT2D eigenvalue weighted by Crippen LogP contribution is 2.28. The molecule has 2 aromatic carbocycles. The highest BCUT2D eigenvalue weighted by Gasteiger charge is 2.45. The van der Waals surface area contributed by atoms with E-state index in [9.17, 15) is 18.0 Å². The van der Waals surface area contributed by atoms with Gasteiger partial charge in [0.05, 0.1) is 0 Å². The molecule has 0 saturated carbocycles. The van der Waals surface area contributed by atoms with Crippen LogP contribution in [0, 0.1) is 0 Å². The molecule has 1 fully saturated rings. The summed E-state index contributed by atoms with van der Waals surface area (Å²) < 4.78 is 37.9. The normalized spacial score (nSPS) is 18.9. The van der Waals surface area contributed by atoms with Crippen LogP contribution in [0.5, 0.6) is 0 Å². The molecule has 5 heteroatoms. The van der Waals surface area contributed by atoms with E-state index in [0.29, 0.717) is 19.3 Å². The van der Waals surface area contributed by atoms with E-state index in [2.05, 4.69) is 0 Å². The first-order valence-corrected chi connectivity index (χ1v) is 7.30. The van der Waals surface area contributed by atoms with Crippen molar-refractivity contribution in [3.8, 4) is 0 Å². The van der Waals surface area contributed by atoms with Gasteiger partial charge in [-0.15, -0.1) is 0 Å². The minimum atomic E-state index is -4.79. The summed E-state index contributed by atoms with van der Waals surface area (Å²) in [6.45, 7) is 0.191. The van der Waals surface area contributed by atoms with Crippen LogP contribution in [0.25, 0.3) is 10.8 Å². The van der Waals surface area contributed by atoms with Gasteiger partial charge in [0, 0.05) is 12.6 Å². The van der Waals surface area contributed by atoms with Gasteiger partial charge in [-0.25, -0.2) is 0 Å². The van der Waals surface area contributed by atoms with Crippen LogP contribution in [0.2, 0.25) is 0 Å². The molecular weight excluding hydrogens is 291 g/mol. The Morgan fingerprint density at radius 3 is 2.59 bits per heavy atom. The maximum Gasteiger partial charge on any atom is 0.471 e. The van der Waals surface area contributed by atoms with Crippen LogP contribution in [0.3, 0.4) is 0 Å². The predicted molar refractivity (Wildman–Crippen MR) is 78.4 cm³/mol. The molecule has 0 unspecified atom stereocenters. The minimum Gasteiger partial charge on any atom is -0.332 e. The molecule has 0 aromatic heterocycles. The van der Waals surface area contributed by atoms with E-state index in [1.165, 1.54) is 0 Å². The second-order valence-electron chi connectivity index (χ2n) is 5.68. The summed E-state index contributed by atoms with van der Waals surface area (Å²) in [7, 11) is 0. The van der Waals surface area contributed by atoms with Gasteiger partial charge in [-0.05, 0) is 35.6 Å². The smallest absolute Gasteiger partial charge is 0.332 e. The van der Waals surface area contributed by atoms with Gasteiger partial charge in [0.1, 0.15) is 0 Å². The van der Waals surface area contributed by atoms with Crippen LogP contribution in [0.1, 0.15) is 18.4 Å². The van der Waals surface area contributed by atoms with Gasteiger partial charge < -0.3 is 4.90 Å². The molecule has 116 valence electrons. The second kappa shape index (κ2) is 5.63. The topological polar surface area (TPSA) is 20.3 Å². The summed E-state index contributed by atoms with van der Waals surface area (Å²) in [4.78, 5) is 12.5. The average molecular weight is 307 g/mol. The van der Waals surface area contributed by atoms with E-state index in [1.807, 2.05) is 42.5 Å². The Labute approximate surface area is 126 Å². The van der Waals surface area contributed by atoms with Crippen molar-refractivity contribution >= 4 is 16.7 Å². The van der Waals surface area contributed by atoms with Gasteiger partial charge in [-0.3, -0.25) is 4.79 Å². The fourth-order valence-corrected chi connectivity index (χ4v) is 3.12. The number of carbonyl (C=O) groups excluding carboxylic acids is 1. The molecule has 1 aliphatic heterocycles. The van der Waals surface area contributed by atoms with Crippen LogP contribution in [-0.4, -0.2) is 29.6 Å². The molecule has 2 aromatic rings. The second-order valence-corrected chi connectivity index (χ2v) is 5.68. The van der Waals surface area contributed by atoms with Crippen molar-refractivity contribution in [1.29, 1.82) is 0 Å². The van der Waals surface area contributed by atoms with Gasteiger partial charge >= 0.3 is 12.1 Å². The Morgan fingerprint density at radius 2 is 1.86 bits per heavy atom. The summed E-state index contributed by atoms with van der Waals surface area (Å²) in [5.74, 6) is -1.71. The lowest BCUT2D eigenvalue weighted by Crippen LogP contribution is -2.44. The van der Waals surface area contributed by atoms with Crippen LogP contribution >= 0.6 is 0 Å². The third-order valence-corrected chi connectivity index (χ3v) is 4.17. The van der Waals surface area contributed by atoms with E-state index < -0.39 is 12.1 Å². The van der Waals surface area contributed by atoms with Crippen LogP contribution in [0.15, 0.2) is 42.5 Å². The van der Waals surface area contributed by atoms with E-state index in [4.69, 9.17) is 0 Å². The van der Waals surface area contributed by atoms with Crippen molar-refractivity contribution in [3.63, 3.8) is 0 Å². The maximum absolute atomic E-state index is 12.6. The zero-order chi connectivity index (χ0) is 15.7. The van der Waals surface area contributed by atoms with Crippen LogP contribution in [0.4, 0.5) is 13.2 Å². The fourth-order valence-electron chi connectivity index (χ4n) is 3.12. The third kappa shape index (κ3) is 2.93. The SMILES string of the molecule is O=C(N1CCC[C@H]1Cc1ccc2ccccc2c1)C(F)(F)F. The van der Waals surface area contributed by atoms with Crippen molar-refractivity contribution in [1.82, 2.24) is 4.90 Å². The van der Waals surface area contributed by atoms with Gasteiger partial charge in [0.15, 0.2) is 0 Å². The Balaban J connectivity index is 1.80. The highest BCUT2D eigenvalue weighted by molar-refractivity contribution is 5.83. The first kappa shape index (κ1) is 14.9. The largest absolute Gasteiger partial charge is 0.471 e. The molecule has 1 amide bonds. The molecule has 3 rings (SSSR count). The molecule has 0 bridgehead atoms. The summed E-state index contributed by atoms with van der Waals surface area (Å²) in [6.07, 6.45) is -3.08. The number of nitrogens with zero attached hydrogens (tertiary/aromatic N) is 1. The lowest BCUT2D eigenvalue weighted by molar-refractivity contribution is -0.186. The van der Waals surface area contributed by atoms with Gasteiger partial charge in [-0.1, -0.05) is 42.5 Å². The Bertz CT molecular complexity index is 696. The van der Waals surface area contributed by atoms with E-state index in [-0.39, 0.29) is 12.6 Å². The van der Waals surface area contributed by atoms with Gasteiger partial charge in [-0.2, -0.15) is 13.2 Å². The third-order valence-electron chi connectivity index (χ3n) is 4.17. The Hall–Kier alpha value is -2.04. The first-order chi connectivity index (χ1) is 10.4. The molecule has 0 aliphatic carbocycles. The lowest BCUT2D eigenvalue weighted by Gasteiger charge is -2.25. The number of hydrogen-bond donors (Lipinski definition) is 0. The highest BCUT2D eigenvalue weighted by atomic mass is 19.4. The molecular formula is C17H16F3NO. The molecule has 22 heavy (non-hydrogen) atoms. The number of rotatable bonds is 2. The number of carbonyl (C=O) groups is 1. The molecule has 2 nitrogen and oxygen atoms in total. The fraction of sp³-hybridized carbons (Fsp3) is 0.353. The Morgan fingerprint density at radius 1 is 1.14 bits per heavy atom. The molecule has 1 aliphatic rings. The van der Waals surface area contributed by atoms with Crippen molar-refractivity contribution < 1.29 is 18.0 Å². The molecule has 1 heterocycles.